The topological polar surface area (TPSA) is 36.8 Å². The smallest absolute Gasteiger partial charge is 0.160 e. The molecule has 0 spiro atoms. The first kappa shape index (κ1) is 35.3. The van der Waals surface area contributed by atoms with Gasteiger partial charge in [-0.2, -0.15) is 0 Å². The lowest BCUT2D eigenvalue weighted by molar-refractivity contribution is 0.674. The Morgan fingerprint density at radius 3 is 1.62 bits per heavy atom. The van der Waals surface area contributed by atoms with E-state index in [-0.39, 0.29) is 6.17 Å². The zero-order valence-electron chi connectivity index (χ0n) is 33.1. The van der Waals surface area contributed by atoms with Crippen LogP contribution < -0.4 is 5.32 Å². The van der Waals surface area contributed by atoms with Crippen LogP contribution in [0.3, 0.4) is 0 Å². The summed E-state index contributed by atoms with van der Waals surface area (Å²) >= 11 is 1.82. The SMILES string of the molecule is c1ccc(C2=NC(c3cccc4sc5ccc(-c6ccc(-c7ccccc7-c7ccc8c9ccccc9c9ccccc9c8c7)cc6)cc5c34)=NC(c3ccccc3)N2)cc1. The molecule has 12 rings (SSSR count). The zero-order chi connectivity index (χ0) is 40.3. The van der Waals surface area contributed by atoms with Crippen molar-refractivity contribution in [3.63, 3.8) is 0 Å². The molecule has 0 radical (unpaired) electrons. The molecule has 1 aromatic heterocycles. The third kappa shape index (κ3) is 6.11. The van der Waals surface area contributed by atoms with E-state index in [9.17, 15) is 0 Å². The molecule has 1 unspecified atom stereocenters. The van der Waals surface area contributed by atoms with Crippen LogP contribution in [-0.4, -0.2) is 11.7 Å². The van der Waals surface area contributed by atoms with Crippen LogP contribution >= 0.6 is 11.3 Å². The number of nitrogens with zero attached hydrogens (tertiary/aromatic N) is 2. The second-order valence-electron chi connectivity index (χ2n) is 15.7. The Bertz CT molecular complexity index is 3510. The molecule has 2 heterocycles. The average molecular weight is 796 g/mol. The van der Waals surface area contributed by atoms with Gasteiger partial charge in [-0.05, 0) is 95.5 Å². The summed E-state index contributed by atoms with van der Waals surface area (Å²) in [6.45, 7) is 0. The first-order chi connectivity index (χ1) is 30.2. The van der Waals surface area contributed by atoms with Crippen LogP contribution in [0.15, 0.2) is 222 Å². The molecule has 1 aliphatic rings. The lowest BCUT2D eigenvalue weighted by Crippen LogP contribution is -2.33. The van der Waals surface area contributed by atoms with E-state index in [1.165, 1.54) is 85.9 Å². The Balaban J connectivity index is 0.928. The van der Waals surface area contributed by atoms with Gasteiger partial charge in [0.1, 0.15) is 12.0 Å². The Labute approximate surface area is 357 Å². The largest absolute Gasteiger partial charge is 0.344 e. The highest BCUT2D eigenvalue weighted by Crippen LogP contribution is 2.42. The maximum atomic E-state index is 5.25. The van der Waals surface area contributed by atoms with Gasteiger partial charge in [0.15, 0.2) is 5.84 Å². The first-order valence-electron chi connectivity index (χ1n) is 20.8. The lowest BCUT2D eigenvalue weighted by Gasteiger charge is -2.24. The normalized spacial score (nSPS) is 14.1. The number of aliphatic imine (C=N–C) groups is 2. The Morgan fingerprint density at radius 1 is 0.361 bits per heavy atom. The van der Waals surface area contributed by atoms with Crippen molar-refractivity contribution in [2.45, 2.75) is 6.17 Å². The minimum Gasteiger partial charge on any atom is -0.344 e. The molecule has 10 aromatic carbocycles. The highest BCUT2D eigenvalue weighted by atomic mass is 32.1. The van der Waals surface area contributed by atoms with Crippen LogP contribution in [0.25, 0.3) is 85.9 Å². The number of thiophene rings is 1. The maximum absolute atomic E-state index is 5.25. The van der Waals surface area contributed by atoms with Crippen molar-refractivity contribution in [3.8, 4) is 33.4 Å². The molecule has 0 saturated heterocycles. The molecule has 0 amide bonds. The van der Waals surface area contributed by atoms with Crippen molar-refractivity contribution in [2.24, 2.45) is 9.98 Å². The second-order valence-corrected chi connectivity index (χ2v) is 16.8. The summed E-state index contributed by atoms with van der Waals surface area (Å²) in [5.74, 6) is 1.55. The van der Waals surface area contributed by atoms with Gasteiger partial charge in [-0.1, -0.05) is 188 Å². The number of nitrogens with one attached hydrogen (secondary N) is 1. The Morgan fingerprint density at radius 2 is 0.902 bits per heavy atom. The molecular formula is C57H37N3S. The van der Waals surface area contributed by atoms with Crippen LogP contribution in [0.2, 0.25) is 0 Å². The van der Waals surface area contributed by atoms with Gasteiger partial charge in [0.2, 0.25) is 0 Å². The fourth-order valence-corrected chi connectivity index (χ4v) is 10.3. The van der Waals surface area contributed by atoms with E-state index in [0.717, 1.165) is 28.4 Å². The lowest BCUT2D eigenvalue weighted by atomic mass is 9.89. The molecule has 286 valence electrons. The molecular weight excluding hydrogens is 759 g/mol. The van der Waals surface area contributed by atoms with E-state index < -0.39 is 0 Å². The average Bonchev–Trinajstić information content (AvgIpc) is 3.73. The summed E-state index contributed by atoms with van der Waals surface area (Å²) in [5.41, 5.74) is 10.4. The maximum Gasteiger partial charge on any atom is 0.160 e. The van der Waals surface area contributed by atoms with Gasteiger partial charge >= 0.3 is 0 Å². The van der Waals surface area contributed by atoms with Crippen molar-refractivity contribution >= 4 is 75.5 Å². The van der Waals surface area contributed by atoms with Crippen molar-refractivity contribution in [1.29, 1.82) is 0 Å². The predicted molar refractivity (Wildman–Crippen MR) is 260 cm³/mol. The minimum atomic E-state index is -0.260. The summed E-state index contributed by atoms with van der Waals surface area (Å²) in [6, 6.07) is 76.5. The van der Waals surface area contributed by atoms with Crippen LogP contribution in [0.4, 0.5) is 0 Å². The summed E-state index contributed by atoms with van der Waals surface area (Å²) in [7, 11) is 0. The third-order valence-electron chi connectivity index (χ3n) is 12.2. The van der Waals surface area contributed by atoms with Gasteiger partial charge in [0.05, 0.1) is 0 Å². The molecule has 0 aliphatic carbocycles. The number of hydrogen-bond donors (Lipinski definition) is 1. The molecule has 61 heavy (non-hydrogen) atoms. The fourth-order valence-electron chi connectivity index (χ4n) is 9.21. The van der Waals surface area contributed by atoms with Crippen molar-refractivity contribution < 1.29 is 0 Å². The van der Waals surface area contributed by atoms with Gasteiger partial charge in [-0.25, -0.2) is 9.98 Å². The number of fused-ring (bicyclic) bond motifs is 9. The minimum absolute atomic E-state index is 0.260. The van der Waals surface area contributed by atoms with Crippen molar-refractivity contribution in [3.05, 3.63) is 229 Å². The van der Waals surface area contributed by atoms with Gasteiger partial charge in [0, 0.05) is 31.3 Å². The van der Waals surface area contributed by atoms with Crippen LogP contribution in [-0.2, 0) is 0 Å². The second kappa shape index (κ2) is 14.6. The molecule has 1 N–H and O–H groups in total. The fraction of sp³-hybridized carbons (Fsp3) is 0.0175. The molecule has 4 heteroatoms. The number of amidine groups is 2. The van der Waals surface area contributed by atoms with Crippen LogP contribution in [0.1, 0.15) is 22.9 Å². The highest BCUT2D eigenvalue weighted by Gasteiger charge is 2.23. The standard InChI is InChI=1S/C57H37N3S/c1-3-14-38(15-4-1)55-58-56(39-16-5-2-6-17-39)60-57(59-55)49-24-13-25-53-54(49)51-34-40(31-33-52(51)61-53)36-26-28-37(29-27-36)42-18-7-8-19-43(42)41-30-32-48-46-22-10-9-20-44(46)45-21-11-12-23-47(45)50(48)35-41/h1-35,55H,(H,58,59,60). The quantitative estimate of drug-likeness (QED) is 0.167. The predicted octanol–water partition coefficient (Wildman–Crippen LogP) is 15.0. The van der Waals surface area contributed by atoms with Gasteiger partial charge in [0.25, 0.3) is 0 Å². The summed E-state index contributed by atoms with van der Waals surface area (Å²) < 4.78 is 2.47. The molecule has 0 saturated carbocycles. The molecule has 0 fully saturated rings. The number of hydrogen-bond acceptors (Lipinski definition) is 4. The Hall–Kier alpha value is -7.66. The summed E-state index contributed by atoms with van der Waals surface area (Å²) in [4.78, 5) is 10.4. The summed E-state index contributed by atoms with van der Waals surface area (Å²) in [5, 5.41) is 13.7. The van der Waals surface area contributed by atoms with Crippen LogP contribution in [0.5, 0.6) is 0 Å². The van der Waals surface area contributed by atoms with E-state index >= 15 is 0 Å². The van der Waals surface area contributed by atoms with Crippen LogP contribution in [0, 0.1) is 0 Å². The molecule has 3 nitrogen and oxygen atoms in total. The van der Waals surface area contributed by atoms with E-state index in [1.807, 2.05) is 23.5 Å². The zero-order valence-corrected chi connectivity index (χ0v) is 33.9. The van der Waals surface area contributed by atoms with Crippen molar-refractivity contribution in [2.75, 3.05) is 0 Å². The number of benzene rings is 10. The summed E-state index contributed by atoms with van der Waals surface area (Å²) in [6.07, 6.45) is -0.260. The number of rotatable bonds is 6. The Kier molecular flexibility index (Phi) is 8.43. The molecule has 1 atom stereocenters. The van der Waals surface area contributed by atoms with Crippen molar-refractivity contribution in [1.82, 2.24) is 5.32 Å². The van der Waals surface area contributed by atoms with Gasteiger partial charge in [-0.15, -0.1) is 11.3 Å². The van der Waals surface area contributed by atoms with Gasteiger partial charge in [-0.3, -0.25) is 0 Å². The van der Waals surface area contributed by atoms with E-state index in [2.05, 4.69) is 206 Å². The molecule has 0 bridgehead atoms. The van der Waals surface area contributed by atoms with E-state index in [4.69, 9.17) is 9.98 Å². The molecule has 1 aliphatic heterocycles. The first-order valence-corrected chi connectivity index (χ1v) is 21.6. The highest BCUT2D eigenvalue weighted by molar-refractivity contribution is 7.25. The van der Waals surface area contributed by atoms with Gasteiger partial charge < -0.3 is 5.32 Å². The van der Waals surface area contributed by atoms with E-state index in [1.54, 1.807) is 0 Å². The van der Waals surface area contributed by atoms with E-state index in [0.29, 0.717) is 0 Å². The monoisotopic (exact) mass is 795 g/mol. The molecule has 11 aromatic rings. The third-order valence-corrected chi connectivity index (χ3v) is 13.3.